The van der Waals surface area contributed by atoms with Crippen molar-refractivity contribution in [2.75, 3.05) is 23.3 Å². The van der Waals surface area contributed by atoms with Crippen molar-refractivity contribution in [3.63, 3.8) is 0 Å². The summed E-state index contributed by atoms with van der Waals surface area (Å²) in [6.45, 7) is 6.01. The van der Waals surface area contributed by atoms with Gasteiger partial charge in [0.25, 0.3) is 5.91 Å². The summed E-state index contributed by atoms with van der Waals surface area (Å²) in [5.74, 6) is 0.537. The highest BCUT2D eigenvalue weighted by molar-refractivity contribution is 6.04. The second-order valence-corrected chi connectivity index (χ2v) is 6.09. The molecular formula is C18H22N4O. The van der Waals surface area contributed by atoms with Gasteiger partial charge in [0, 0.05) is 31.2 Å². The van der Waals surface area contributed by atoms with Gasteiger partial charge in [0.1, 0.15) is 0 Å². The largest absolute Gasteiger partial charge is 0.341 e. The zero-order valence-corrected chi connectivity index (χ0v) is 13.7. The first-order valence-corrected chi connectivity index (χ1v) is 8.09. The molecule has 3 rings (SSSR count). The normalized spacial score (nSPS) is 14.6. The van der Waals surface area contributed by atoms with Crippen LogP contribution in [0.4, 0.5) is 11.6 Å². The first-order chi connectivity index (χ1) is 11.1. The molecule has 5 nitrogen and oxygen atoms in total. The minimum atomic E-state index is -0.179. The molecule has 0 saturated carbocycles. The van der Waals surface area contributed by atoms with Gasteiger partial charge in [-0.15, -0.1) is 0 Å². The number of carbonyl (C=O) groups excluding carboxylic acids is 1. The van der Waals surface area contributed by atoms with Gasteiger partial charge in [-0.3, -0.25) is 4.79 Å². The van der Waals surface area contributed by atoms with Crippen molar-refractivity contribution in [1.82, 2.24) is 9.97 Å². The van der Waals surface area contributed by atoms with E-state index in [0.717, 1.165) is 24.3 Å². The van der Waals surface area contributed by atoms with Gasteiger partial charge in [-0.1, -0.05) is 17.7 Å². The molecule has 1 saturated heterocycles. The zero-order chi connectivity index (χ0) is 16.2. The lowest BCUT2D eigenvalue weighted by Crippen LogP contribution is -2.31. The molecule has 1 aliphatic heterocycles. The fourth-order valence-corrected chi connectivity index (χ4v) is 2.84. The zero-order valence-electron chi connectivity index (χ0n) is 13.7. The smallest absolute Gasteiger partial charge is 0.258 e. The van der Waals surface area contributed by atoms with E-state index in [4.69, 9.17) is 0 Å². The topological polar surface area (TPSA) is 58.1 Å². The number of aromatic nitrogens is 2. The Kier molecular flexibility index (Phi) is 4.55. The summed E-state index contributed by atoms with van der Waals surface area (Å²) < 4.78 is 0. The van der Waals surface area contributed by atoms with Gasteiger partial charge in [0.15, 0.2) is 0 Å². The monoisotopic (exact) mass is 310 g/mol. The Hall–Kier alpha value is -2.43. The molecule has 1 aromatic carbocycles. The van der Waals surface area contributed by atoms with Crippen molar-refractivity contribution in [1.29, 1.82) is 0 Å². The van der Waals surface area contributed by atoms with Crippen LogP contribution in [0, 0.1) is 13.8 Å². The Bertz CT molecular complexity index is 691. The van der Waals surface area contributed by atoms with Gasteiger partial charge >= 0.3 is 0 Å². The molecule has 0 unspecified atom stereocenters. The molecule has 0 spiro atoms. The van der Waals surface area contributed by atoms with Crippen molar-refractivity contribution in [2.45, 2.75) is 33.1 Å². The Morgan fingerprint density at radius 2 is 1.78 bits per heavy atom. The average Bonchev–Trinajstić information content (AvgIpc) is 2.58. The van der Waals surface area contributed by atoms with E-state index in [1.807, 2.05) is 32.0 Å². The Labute approximate surface area is 136 Å². The van der Waals surface area contributed by atoms with Crippen LogP contribution in [0.3, 0.4) is 0 Å². The number of benzene rings is 1. The fraction of sp³-hybridized carbons (Fsp3) is 0.389. The predicted octanol–water partition coefficient (Wildman–Crippen LogP) is 3.34. The molecule has 1 N–H and O–H groups in total. The molecule has 1 fully saturated rings. The first-order valence-electron chi connectivity index (χ1n) is 8.09. The molecule has 0 aliphatic carbocycles. The van der Waals surface area contributed by atoms with E-state index in [9.17, 15) is 4.79 Å². The number of rotatable bonds is 3. The van der Waals surface area contributed by atoms with Gasteiger partial charge in [0.2, 0.25) is 5.95 Å². The van der Waals surface area contributed by atoms with Crippen LogP contribution in [0.2, 0.25) is 0 Å². The van der Waals surface area contributed by atoms with E-state index in [-0.39, 0.29) is 5.91 Å². The molecule has 0 radical (unpaired) electrons. The van der Waals surface area contributed by atoms with Crippen LogP contribution in [-0.4, -0.2) is 29.0 Å². The highest BCUT2D eigenvalue weighted by Crippen LogP contribution is 2.18. The SMILES string of the molecule is Cc1ccc(NC(=O)c2cnc(N3CCCCC3)nc2)c(C)c1. The molecule has 1 aliphatic rings. The van der Waals surface area contributed by atoms with E-state index < -0.39 is 0 Å². The predicted molar refractivity (Wildman–Crippen MR) is 92.0 cm³/mol. The third kappa shape index (κ3) is 3.67. The summed E-state index contributed by atoms with van der Waals surface area (Å²) in [5, 5.41) is 2.92. The third-order valence-electron chi connectivity index (χ3n) is 4.17. The van der Waals surface area contributed by atoms with Gasteiger partial charge in [-0.25, -0.2) is 9.97 Å². The van der Waals surface area contributed by atoms with E-state index >= 15 is 0 Å². The molecule has 0 atom stereocenters. The molecule has 5 heteroatoms. The number of hydrogen-bond acceptors (Lipinski definition) is 4. The second kappa shape index (κ2) is 6.77. The van der Waals surface area contributed by atoms with Gasteiger partial charge in [-0.2, -0.15) is 0 Å². The number of anilines is 2. The second-order valence-electron chi connectivity index (χ2n) is 6.09. The van der Waals surface area contributed by atoms with Crippen LogP contribution in [0.1, 0.15) is 40.7 Å². The van der Waals surface area contributed by atoms with Crippen LogP contribution in [0.25, 0.3) is 0 Å². The number of carbonyl (C=O) groups is 1. The van der Waals surface area contributed by atoms with Crippen molar-refractivity contribution >= 4 is 17.5 Å². The summed E-state index contributed by atoms with van der Waals surface area (Å²) in [7, 11) is 0. The quantitative estimate of drug-likeness (QED) is 0.944. The number of amides is 1. The summed E-state index contributed by atoms with van der Waals surface area (Å²) in [5.41, 5.74) is 3.52. The standard InChI is InChI=1S/C18H22N4O/c1-13-6-7-16(14(2)10-13)21-17(23)15-11-19-18(20-12-15)22-8-4-3-5-9-22/h6-7,10-12H,3-5,8-9H2,1-2H3,(H,21,23). The molecule has 120 valence electrons. The number of nitrogens with one attached hydrogen (secondary N) is 1. The molecular weight excluding hydrogens is 288 g/mol. The van der Waals surface area contributed by atoms with Crippen LogP contribution in [0.5, 0.6) is 0 Å². The number of nitrogens with zero attached hydrogens (tertiary/aromatic N) is 3. The van der Waals surface area contributed by atoms with Crippen molar-refractivity contribution in [3.8, 4) is 0 Å². The number of piperidine rings is 1. The lowest BCUT2D eigenvalue weighted by Gasteiger charge is -2.26. The highest BCUT2D eigenvalue weighted by atomic mass is 16.1. The maximum Gasteiger partial charge on any atom is 0.258 e. The fourth-order valence-electron chi connectivity index (χ4n) is 2.84. The van der Waals surface area contributed by atoms with E-state index in [1.54, 1.807) is 12.4 Å². The van der Waals surface area contributed by atoms with Crippen LogP contribution in [-0.2, 0) is 0 Å². The van der Waals surface area contributed by atoms with E-state index in [0.29, 0.717) is 11.5 Å². The molecule has 2 heterocycles. The van der Waals surface area contributed by atoms with E-state index in [1.165, 1.54) is 24.8 Å². The number of hydrogen-bond donors (Lipinski definition) is 1. The lowest BCUT2D eigenvalue weighted by molar-refractivity contribution is 0.102. The van der Waals surface area contributed by atoms with Crippen LogP contribution >= 0.6 is 0 Å². The summed E-state index contributed by atoms with van der Waals surface area (Å²) in [4.78, 5) is 23.2. The summed E-state index contributed by atoms with van der Waals surface area (Å²) in [6.07, 6.45) is 6.84. The number of aryl methyl sites for hydroxylation is 2. The van der Waals surface area contributed by atoms with Crippen molar-refractivity contribution < 1.29 is 4.79 Å². The van der Waals surface area contributed by atoms with Crippen LogP contribution < -0.4 is 10.2 Å². The minimum absolute atomic E-state index is 0.179. The Morgan fingerprint density at radius 3 is 2.43 bits per heavy atom. The first kappa shape index (κ1) is 15.5. The minimum Gasteiger partial charge on any atom is -0.341 e. The van der Waals surface area contributed by atoms with Crippen LogP contribution in [0.15, 0.2) is 30.6 Å². The highest BCUT2D eigenvalue weighted by Gasteiger charge is 2.14. The molecule has 2 aromatic rings. The average molecular weight is 310 g/mol. The molecule has 1 aromatic heterocycles. The van der Waals surface area contributed by atoms with E-state index in [2.05, 4.69) is 20.2 Å². The van der Waals surface area contributed by atoms with Crippen molar-refractivity contribution in [3.05, 3.63) is 47.3 Å². The lowest BCUT2D eigenvalue weighted by atomic mass is 10.1. The molecule has 0 bridgehead atoms. The van der Waals surface area contributed by atoms with Gasteiger partial charge in [-0.05, 0) is 44.7 Å². The summed E-state index contributed by atoms with van der Waals surface area (Å²) in [6, 6.07) is 5.95. The molecule has 23 heavy (non-hydrogen) atoms. The van der Waals surface area contributed by atoms with Gasteiger partial charge < -0.3 is 10.2 Å². The van der Waals surface area contributed by atoms with Gasteiger partial charge in [0.05, 0.1) is 5.56 Å². The maximum absolute atomic E-state index is 12.3. The van der Waals surface area contributed by atoms with Crippen molar-refractivity contribution in [2.24, 2.45) is 0 Å². The Balaban J connectivity index is 1.69. The third-order valence-corrected chi connectivity index (χ3v) is 4.17. The molecule has 1 amide bonds. The Morgan fingerprint density at radius 1 is 1.09 bits per heavy atom. The summed E-state index contributed by atoms with van der Waals surface area (Å²) >= 11 is 0. The maximum atomic E-state index is 12.3.